The maximum atomic E-state index is 12.4. The predicted octanol–water partition coefficient (Wildman–Crippen LogP) is 1.69. The molecule has 31 heavy (non-hydrogen) atoms. The summed E-state index contributed by atoms with van der Waals surface area (Å²) in [5, 5.41) is 16.7. The Morgan fingerprint density at radius 2 is 1.84 bits per heavy atom. The number of ether oxygens (including phenoxy) is 2. The summed E-state index contributed by atoms with van der Waals surface area (Å²) in [6, 6.07) is 9.34. The van der Waals surface area contributed by atoms with Crippen LogP contribution in [0.15, 0.2) is 47.5 Å². The molecule has 3 heterocycles. The van der Waals surface area contributed by atoms with Crippen LogP contribution in [0.25, 0.3) is 11.4 Å². The lowest BCUT2D eigenvalue weighted by Gasteiger charge is -2.22. The van der Waals surface area contributed by atoms with E-state index in [1.165, 1.54) is 4.68 Å². The molecule has 4 aromatic rings. The van der Waals surface area contributed by atoms with Crippen LogP contribution in [-0.4, -0.2) is 46.5 Å². The Morgan fingerprint density at radius 3 is 2.52 bits per heavy atom. The molecule has 0 fully saturated rings. The van der Waals surface area contributed by atoms with Crippen molar-refractivity contribution >= 4 is 0 Å². The maximum absolute atomic E-state index is 12.4. The van der Waals surface area contributed by atoms with Gasteiger partial charge in [0.1, 0.15) is 29.4 Å². The molecule has 4 rings (SSSR count). The van der Waals surface area contributed by atoms with Crippen molar-refractivity contribution in [3.8, 4) is 23.0 Å². The van der Waals surface area contributed by atoms with Gasteiger partial charge in [-0.25, -0.2) is 9.48 Å². The summed E-state index contributed by atoms with van der Waals surface area (Å²) in [5.41, 5.74) is 1.29. The van der Waals surface area contributed by atoms with Gasteiger partial charge in [-0.1, -0.05) is 12.1 Å². The second kappa shape index (κ2) is 7.74. The molecule has 11 nitrogen and oxygen atoms in total. The summed E-state index contributed by atoms with van der Waals surface area (Å²) < 4.78 is 17.2. The van der Waals surface area contributed by atoms with Crippen molar-refractivity contribution in [2.45, 2.75) is 32.9 Å². The molecular formula is C20H24N8O3. The van der Waals surface area contributed by atoms with Crippen molar-refractivity contribution < 1.29 is 9.47 Å². The molecule has 0 saturated carbocycles. The number of benzene rings is 1. The second-order valence-corrected chi connectivity index (χ2v) is 7.92. The van der Waals surface area contributed by atoms with Gasteiger partial charge in [0.15, 0.2) is 0 Å². The summed E-state index contributed by atoms with van der Waals surface area (Å²) in [5.74, 6) is 1.12. The molecule has 1 aromatic carbocycles. The van der Waals surface area contributed by atoms with Crippen LogP contribution in [0, 0.1) is 0 Å². The Balaban J connectivity index is 1.64. The predicted molar refractivity (Wildman–Crippen MR) is 112 cm³/mol. The first-order chi connectivity index (χ1) is 14.8. The minimum Gasteiger partial charge on any atom is -0.494 e. The summed E-state index contributed by atoms with van der Waals surface area (Å²) in [6.45, 7) is 6.19. The van der Waals surface area contributed by atoms with E-state index in [2.05, 4.69) is 20.6 Å². The van der Waals surface area contributed by atoms with Crippen molar-refractivity contribution in [1.82, 2.24) is 39.4 Å². The Kier molecular flexibility index (Phi) is 5.09. The Hall–Kier alpha value is -3.89. The zero-order valence-electron chi connectivity index (χ0n) is 18.1. The smallest absolute Gasteiger partial charge is 0.368 e. The van der Waals surface area contributed by atoms with Crippen molar-refractivity contribution in [2.75, 3.05) is 7.11 Å². The third-order valence-corrected chi connectivity index (χ3v) is 4.69. The summed E-state index contributed by atoms with van der Waals surface area (Å²) in [6.07, 6.45) is 3.38. The fourth-order valence-corrected chi connectivity index (χ4v) is 3.20. The van der Waals surface area contributed by atoms with E-state index in [1.54, 1.807) is 42.0 Å². The van der Waals surface area contributed by atoms with E-state index < -0.39 is 0 Å². The Bertz CT molecular complexity index is 1260. The van der Waals surface area contributed by atoms with E-state index in [9.17, 15) is 4.79 Å². The van der Waals surface area contributed by atoms with Gasteiger partial charge < -0.3 is 9.47 Å². The number of para-hydroxylation sites is 2. The molecule has 0 unspecified atom stereocenters. The van der Waals surface area contributed by atoms with E-state index in [0.717, 1.165) is 10.4 Å². The maximum Gasteiger partial charge on any atom is 0.368 e. The van der Waals surface area contributed by atoms with Crippen LogP contribution in [0.1, 0.15) is 26.5 Å². The molecule has 0 aliphatic carbocycles. The summed E-state index contributed by atoms with van der Waals surface area (Å²) in [4.78, 5) is 12.4. The van der Waals surface area contributed by atoms with Gasteiger partial charge in [0.05, 0.1) is 18.8 Å². The van der Waals surface area contributed by atoms with E-state index >= 15 is 0 Å². The number of hydrogen-bond donors (Lipinski definition) is 0. The molecule has 162 valence electrons. The fraction of sp³-hybridized carbons (Fsp3) is 0.350. The average Bonchev–Trinajstić information content (AvgIpc) is 3.45. The summed E-state index contributed by atoms with van der Waals surface area (Å²) in [7, 11) is 3.16. The number of hydrogen-bond acceptors (Lipinski definition) is 7. The molecular weight excluding hydrogens is 400 g/mol. The first kappa shape index (κ1) is 20.4. The number of nitrogens with zero attached hydrogens (tertiary/aromatic N) is 8. The number of rotatable bonds is 6. The number of aryl methyl sites for hydroxylation is 1. The third kappa shape index (κ3) is 3.81. The number of aromatic nitrogens is 8. The van der Waals surface area contributed by atoms with Crippen molar-refractivity contribution in [3.05, 3.63) is 58.9 Å². The third-order valence-electron chi connectivity index (χ3n) is 4.69. The molecule has 0 bridgehead atoms. The zero-order chi connectivity index (χ0) is 22.2. The highest BCUT2D eigenvalue weighted by Gasteiger charge is 2.24. The lowest BCUT2D eigenvalue weighted by Crippen LogP contribution is -2.28. The molecule has 0 aliphatic rings. The van der Waals surface area contributed by atoms with Gasteiger partial charge in [0, 0.05) is 19.3 Å². The molecule has 0 atom stereocenters. The van der Waals surface area contributed by atoms with Crippen LogP contribution in [0.2, 0.25) is 0 Å². The van der Waals surface area contributed by atoms with Crippen LogP contribution in [0.5, 0.6) is 11.6 Å². The molecule has 3 aromatic heterocycles. The largest absolute Gasteiger partial charge is 0.494 e. The lowest BCUT2D eigenvalue weighted by molar-refractivity contribution is 0.255. The molecule has 11 heteroatoms. The van der Waals surface area contributed by atoms with Gasteiger partial charge in [-0.3, -0.25) is 4.68 Å². The van der Waals surface area contributed by atoms with Gasteiger partial charge in [-0.05, 0) is 43.3 Å². The van der Waals surface area contributed by atoms with Gasteiger partial charge >= 0.3 is 5.69 Å². The topological polar surface area (TPSA) is 107 Å². The number of tetrazole rings is 1. The van der Waals surface area contributed by atoms with Crippen molar-refractivity contribution in [2.24, 2.45) is 7.05 Å². The zero-order valence-corrected chi connectivity index (χ0v) is 18.1. The molecule has 0 saturated heterocycles. The molecule has 0 spiro atoms. The summed E-state index contributed by atoms with van der Waals surface area (Å²) >= 11 is 0. The van der Waals surface area contributed by atoms with Crippen LogP contribution in [0.4, 0.5) is 0 Å². The van der Waals surface area contributed by atoms with Crippen LogP contribution >= 0.6 is 0 Å². The fourth-order valence-electron chi connectivity index (χ4n) is 3.20. The van der Waals surface area contributed by atoms with E-state index in [0.29, 0.717) is 23.0 Å². The van der Waals surface area contributed by atoms with Gasteiger partial charge in [0.25, 0.3) is 0 Å². The highest BCUT2D eigenvalue weighted by Crippen LogP contribution is 2.25. The highest BCUT2D eigenvalue weighted by atomic mass is 16.5. The highest BCUT2D eigenvalue weighted by molar-refractivity contribution is 5.46. The Labute approximate surface area is 178 Å². The molecule has 0 aliphatic heterocycles. The first-order valence-corrected chi connectivity index (χ1v) is 9.68. The SMILES string of the molecule is COc1ccccc1-n1ccc(OCc2c(-n3nnn(C)c3=O)cnn2C(C)(C)C)n1. The second-order valence-electron chi connectivity index (χ2n) is 7.92. The van der Waals surface area contributed by atoms with Gasteiger partial charge in [-0.15, -0.1) is 5.10 Å². The Morgan fingerprint density at radius 1 is 1.06 bits per heavy atom. The first-order valence-electron chi connectivity index (χ1n) is 9.68. The standard InChI is InChI=1S/C20H24N8O3/c1-20(2,3)28-16(15(12-21-28)27-19(29)25(4)23-24-27)13-31-18-10-11-26(22-18)14-8-6-7-9-17(14)30-5/h6-12H,13H2,1-5H3. The van der Waals surface area contributed by atoms with E-state index in [4.69, 9.17) is 9.47 Å². The average molecular weight is 424 g/mol. The molecule has 0 N–H and O–H groups in total. The molecule has 0 radical (unpaired) electrons. The lowest BCUT2D eigenvalue weighted by atomic mass is 10.1. The van der Waals surface area contributed by atoms with Crippen molar-refractivity contribution in [1.29, 1.82) is 0 Å². The van der Waals surface area contributed by atoms with Gasteiger partial charge in [-0.2, -0.15) is 14.5 Å². The monoisotopic (exact) mass is 424 g/mol. The van der Waals surface area contributed by atoms with Crippen LogP contribution in [-0.2, 0) is 19.2 Å². The van der Waals surface area contributed by atoms with E-state index in [1.807, 2.05) is 45.0 Å². The quantitative estimate of drug-likeness (QED) is 0.464. The number of methoxy groups -OCH3 is 1. The normalized spacial score (nSPS) is 11.6. The van der Waals surface area contributed by atoms with Crippen LogP contribution < -0.4 is 15.2 Å². The van der Waals surface area contributed by atoms with Gasteiger partial charge in [0.2, 0.25) is 5.88 Å². The van der Waals surface area contributed by atoms with Crippen molar-refractivity contribution in [3.63, 3.8) is 0 Å². The minimum absolute atomic E-state index is 0.137. The molecule has 0 amide bonds. The van der Waals surface area contributed by atoms with E-state index in [-0.39, 0.29) is 17.8 Å². The minimum atomic E-state index is -0.366. The van der Waals surface area contributed by atoms with Crippen LogP contribution in [0.3, 0.4) is 0 Å².